The first kappa shape index (κ1) is 15.8. The lowest BCUT2D eigenvalue weighted by molar-refractivity contribution is -0.130. The van der Waals surface area contributed by atoms with Gasteiger partial charge in [0.2, 0.25) is 5.91 Å². The van der Waals surface area contributed by atoms with Gasteiger partial charge in [-0.2, -0.15) is 5.10 Å². The number of likely N-dealkylation sites (tertiary alicyclic amines) is 1. The molecule has 0 aromatic carbocycles. The standard InChI is InChI=1S/C16H25N5O2/c1-10(2)21-8-7-12(15(21)22)17-16(23)18-14-9-13(19-20(14)3)11-5-4-6-11/h9-12H,4-8H2,1-3H3,(H2,17,18,23)/t12-/m1/s1. The third-order valence-corrected chi connectivity index (χ3v) is 4.83. The summed E-state index contributed by atoms with van der Waals surface area (Å²) in [7, 11) is 1.82. The number of aryl methyl sites for hydroxylation is 1. The Kier molecular flexibility index (Phi) is 4.28. The molecule has 0 radical (unpaired) electrons. The van der Waals surface area contributed by atoms with Crippen molar-refractivity contribution >= 4 is 17.8 Å². The highest BCUT2D eigenvalue weighted by Gasteiger charge is 2.34. The lowest BCUT2D eigenvalue weighted by Gasteiger charge is -2.22. The van der Waals surface area contributed by atoms with E-state index in [9.17, 15) is 9.59 Å². The summed E-state index contributed by atoms with van der Waals surface area (Å²) >= 11 is 0. The maximum atomic E-state index is 12.2. The molecule has 2 aliphatic rings. The van der Waals surface area contributed by atoms with Gasteiger partial charge in [-0.3, -0.25) is 14.8 Å². The van der Waals surface area contributed by atoms with Crippen molar-refractivity contribution in [1.82, 2.24) is 20.0 Å². The van der Waals surface area contributed by atoms with Crippen LogP contribution in [0.5, 0.6) is 0 Å². The second kappa shape index (κ2) is 6.22. The van der Waals surface area contributed by atoms with Gasteiger partial charge in [0.15, 0.2) is 0 Å². The topological polar surface area (TPSA) is 79.3 Å². The summed E-state index contributed by atoms with van der Waals surface area (Å²) in [5, 5.41) is 10.0. The molecule has 7 nitrogen and oxygen atoms in total. The maximum absolute atomic E-state index is 12.2. The fraction of sp³-hybridized carbons (Fsp3) is 0.688. The van der Waals surface area contributed by atoms with Gasteiger partial charge < -0.3 is 10.2 Å². The lowest BCUT2D eigenvalue weighted by atomic mass is 9.83. The predicted molar refractivity (Wildman–Crippen MR) is 87.2 cm³/mol. The molecule has 0 bridgehead atoms. The number of rotatable bonds is 4. The van der Waals surface area contributed by atoms with Crippen molar-refractivity contribution in [3.63, 3.8) is 0 Å². The highest BCUT2D eigenvalue weighted by Crippen LogP contribution is 2.36. The molecular weight excluding hydrogens is 294 g/mol. The van der Waals surface area contributed by atoms with Crippen molar-refractivity contribution in [2.45, 2.75) is 57.5 Å². The molecule has 126 valence electrons. The summed E-state index contributed by atoms with van der Waals surface area (Å²) < 4.78 is 1.68. The maximum Gasteiger partial charge on any atom is 0.321 e. The zero-order valence-corrected chi connectivity index (χ0v) is 14.0. The number of carbonyl (C=O) groups is 2. The van der Waals surface area contributed by atoms with Gasteiger partial charge in [0, 0.05) is 31.6 Å². The molecular formula is C16H25N5O2. The number of hydrogen-bond donors (Lipinski definition) is 2. The molecule has 1 aliphatic carbocycles. The molecule has 3 amide bonds. The van der Waals surface area contributed by atoms with E-state index in [2.05, 4.69) is 15.7 Å². The molecule has 1 aromatic heterocycles. The SMILES string of the molecule is CC(C)N1CC[C@@H](NC(=O)Nc2cc(C3CCC3)nn2C)C1=O. The van der Waals surface area contributed by atoms with E-state index in [4.69, 9.17) is 0 Å². The molecule has 2 heterocycles. The van der Waals surface area contributed by atoms with E-state index in [0.717, 1.165) is 5.69 Å². The van der Waals surface area contributed by atoms with Gasteiger partial charge in [-0.05, 0) is 33.1 Å². The highest BCUT2D eigenvalue weighted by molar-refractivity contribution is 5.94. The summed E-state index contributed by atoms with van der Waals surface area (Å²) in [5.41, 5.74) is 1.04. The van der Waals surface area contributed by atoms with E-state index in [-0.39, 0.29) is 18.0 Å². The van der Waals surface area contributed by atoms with Crippen LogP contribution in [0.4, 0.5) is 10.6 Å². The molecule has 1 saturated heterocycles. The first-order valence-corrected chi connectivity index (χ1v) is 8.37. The Labute approximate surface area is 136 Å². The summed E-state index contributed by atoms with van der Waals surface area (Å²) in [5.74, 6) is 1.18. The van der Waals surface area contributed by atoms with Crippen LogP contribution in [-0.4, -0.2) is 45.2 Å². The number of hydrogen-bond acceptors (Lipinski definition) is 3. The van der Waals surface area contributed by atoms with Crippen LogP contribution < -0.4 is 10.6 Å². The number of urea groups is 1. The Morgan fingerprint density at radius 3 is 2.65 bits per heavy atom. The molecule has 0 unspecified atom stereocenters. The van der Waals surface area contributed by atoms with Gasteiger partial charge in [-0.25, -0.2) is 4.79 Å². The van der Waals surface area contributed by atoms with Crippen LogP contribution in [0.3, 0.4) is 0 Å². The summed E-state index contributed by atoms with van der Waals surface area (Å²) in [4.78, 5) is 26.2. The second-order valence-electron chi connectivity index (χ2n) is 6.77. The van der Waals surface area contributed by atoms with Crippen molar-refractivity contribution in [3.8, 4) is 0 Å². The van der Waals surface area contributed by atoms with Crippen molar-refractivity contribution < 1.29 is 9.59 Å². The van der Waals surface area contributed by atoms with Crippen LogP contribution in [0.2, 0.25) is 0 Å². The zero-order chi connectivity index (χ0) is 16.6. The predicted octanol–water partition coefficient (Wildman–Crippen LogP) is 1.82. The third kappa shape index (κ3) is 3.18. The van der Waals surface area contributed by atoms with E-state index in [1.54, 1.807) is 9.58 Å². The molecule has 1 aromatic rings. The summed E-state index contributed by atoms with van der Waals surface area (Å²) in [6.45, 7) is 4.66. The first-order chi connectivity index (χ1) is 11.0. The molecule has 23 heavy (non-hydrogen) atoms. The molecule has 0 spiro atoms. The van der Waals surface area contributed by atoms with Crippen LogP contribution >= 0.6 is 0 Å². The number of aromatic nitrogens is 2. The second-order valence-corrected chi connectivity index (χ2v) is 6.77. The van der Waals surface area contributed by atoms with Crippen molar-refractivity contribution in [3.05, 3.63) is 11.8 Å². The Morgan fingerprint density at radius 2 is 2.09 bits per heavy atom. The largest absolute Gasteiger partial charge is 0.338 e. The van der Waals surface area contributed by atoms with Gasteiger partial charge in [0.05, 0.1) is 5.69 Å². The Bertz CT molecular complexity index is 606. The molecule has 2 N–H and O–H groups in total. The van der Waals surface area contributed by atoms with Gasteiger partial charge >= 0.3 is 6.03 Å². The lowest BCUT2D eigenvalue weighted by Crippen LogP contribution is -2.44. The van der Waals surface area contributed by atoms with Gasteiger partial charge in [0.25, 0.3) is 0 Å². The molecule has 1 aliphatic heterocycles. The fourth-order valence-corrected chi connectivity index (χ4v) is 3.17. The smallest absolute Gasteiger partial charge is 0.321 e. The van der Waals surface area contributed by atoms with Crippen molar-refractivity contribution in [2.24, 2.45) is 7.05 Å². The average Bonchev–Trinajstić information content (AvgIpc) is 2.93. The Hall–Kier alpha value is -2.05. The van der Waals surface area contributed by atoms with E-state index >= 15 is 0 Å². The quantitative estimate of drug-likeness (QED) is 0.888. The monoisotopic (exact) mass is 319 g/mol. The van der Waals surface area contributed by atoms with E-state index < -0.39 is 6.04 Å². The highest BCUT2D eigenvalue weighted by atomic mass is 16.2. The molecule has 3 rings (SSSR count). The minimum atomic E-state index is -0.434. The molecule has 1 saturated carbocycles. The van der Waals surface area contributed by atoms with Gasteiger partial charge in [-0.15, -0.1) is 0 Å². The Morgan fingerprint density at radius 1 is 1.35 bits per heavy atom. The van der Waals surface area contributed by atoms with E-state index in [0.29, 0.717) is 24.7 Å². The minimum Gasteiger partial charge on any atom is -0.338 e. The first-order valence-electron chi connectivity index (χ1n) is 8.37. The number of anilines is 1. The number of nitrogens with one attached hydrogen (secondary N) is 2. The fourth-order valence-electron chi connectivity index (χ4n) is 3.17. The van der Waals surface area contributed by atoms with E-state index in [1.807, 2.05) is 27.0 Å². The van der Waals surface area contributed by atoms with Crippen molar-refractivity contribution in [2.75, 3.05) is 11.9 Å². The molecule has 7 heteroatoms. The summed E-state index contributed by atoms with van der Waals surface area (Å²) in [6, 6.07) is 1.31. The number of carbonyl (C=O) groups excluding carboxylic acids is 2. The normalized spacial score (nSPS) is 21.7. The van der Waals surface area contributed by atoms with Crippen LogP contribution in [0, 0.1) is 0 Å². The minimum absolute atomic E-state index is 0.00434. The number of nitrogens with zero attached hydrogens (tertiary/aromatic N) is 3. The van der Waals surface area contributed by atoms with E-state index in [1.165, 1.54) is 19.3 Å². The molecule has 2 fully saturated rings. The van der Waals surface area contributed by atoms with Crippen LogP contribution in [0.1, 0.15) is 51.1 Å². The van der Waals surface area contributed by atoms with Crippen LogP contribution in [0.25, 0.3) is 0 Å². The number of amides is 3. The van der Waals surface area contributed by atoms with Crippen LogP contribution in [0.15, 0.2) is 6.07 Å². The third-order valence-electron chi connectivity index (χ3n) is 4.83. The van der Waals surface area contributed by atoms with Crippen molar-refractivity contribution in [1.29, 1.82) is 0 Å². The average molecular weight is 319 g/mol. The van der Waals surface area contributed by atoms with Crippen LogP contribution in [-0.2, 0) is 11.8 Å². The van der Waals surface area contributed by atoms with Gasteiger partial charge in [0.1, 0.15) is 11.9 Å². The summed E-state index contributed by atoms with van der Waals surface area (Å²) in [6.07, 6.45) is 4.25. The zero-order valence-electron chi connectivity index (χ0n) is 14.0. The Balaban J connectivity index is 1.57. The molecule has 1 atom stereocenters. The van der Waals surface area contributed by atoms with Gasteiger partial charge in [-0.1, -0.05) is 6.42 Å².